The van der Waals surface area contributed by atoms with Crippen molar-refractivity contribution in [2.75, 3.05) is 0 Å². The molecular formula is C19H15FN2O. The van der Waals surface area contributed by atoms with Crippen molar-refractivity contribution in [2.24, 2.45) is 0 Å². The molecule has 0 aliphatic rings. The molecule has 0 N–H and O–H groups in total. The minimum Gasteiger partial charge on any atom is -0.268 e. The Bertz CT molecular complexity index is 885. The first-order valence-corrected chi connectivity index (χ1v) is 7.29. The molecule has 0 saturated heterocycles. The number of halogens is 1. The molecule has 0 radical (unpaired) electrons. The number of allylic oxidation sites excluding steroid dienone is 1. The molecule has 0 saturated carbocycles. The highest BCUT2D eigenvalue weighted by atomic mass is 19.1. The number of hydrogen-bond donors (Lipinski definition) is 0. The van der Waals surface area contributed by atoms with Gasteiger partial charge in [-0.3, -0.25) is 4.79 Å². The van der Waals surface area contributed by atoms with E-state index >= 15 is 0 Å². The quantitative estimate of drug-likeness (QED) is 0.735. The number of benzene rings is 2. The number of aromatic nitrogens is 2. The normalized spacial score (nSPS) is 11.0. The van der Waals surface area contributed by atoms with E-state index in [0.717, 1.165) is 5.56 Å². The van der Waals surface area contributed by atoms with E-state index in [1.54, 1.807) is 18.2 Å². The van der Waals surface area contributed by atoms with Crippen molar-refractivity contribution in [3.63, 3.8) is 0 Å². The molecule has 0 bridgehead atoms. The molecule has 23 heavy (non-hydrogen) atoms. The topological polar surface area (TPSA) is 34.9 Å². The molecular weight excluding hydrogens is 291 g/mol. The first kappa shape index (κ1) is 14.9. The Morgan fingerprint density at radius 3 is 2.48 bits per heavy atom. The molecule has 1 heterocycles. The first-order chi connectivity index (χ1) is 11.2. The van der Waals surface area contributed by atoms with Gasteiger partial charge in [0.05, 0.1) is 12.2 Å². The minimum atomic E-state index is -0.356. The highest BCUT2D eigenvalue weighted by Crippen LogP contribution is 2.18. The van der Waals surface area contributed by atoms with Gasteiger partial charge in [0.15, 0.2) is 0 Å². The van der Waals surface area contributed by atoms with Crippen LogP contribution in [0.25, 0.3) is 17.3 Å². The van der Waals surface area contributed by atoms with E-state index in [4.69, 9.17) is 0 Å². The molecule has 0 unspecified atom stereocenters. The van der Waals surface area contributed by atoms with Crippen LogP contribution in [0.4, 0.5) is 4.39 Å². The Hall–Kier alpha value is -3.01. The van der Waals surface area contributed by atoms with Gasteiger partial charge in [0.25, 0.3) is 5.56 Å². The van der Waals surface area contributed by atoms with Gasteiger partial charge < -0.3 is 0 Å². The lowest BCUT2D eigenvalue weighted by Gasteiger charge is -2.06. The average molecular weight is 306 g/mol. The summed E-state index contributed by atoms with van der Waals surface area (Å²) in [6, 6.07) is 19.1. The molecule has 2 aromatic carbocycles. The van der Waals surface area contributed by atoms with Crippen molar-refractivity contribution < 1.29 is 4.39 Å². The molecule has 0 aliphatic heterocycles. The zero-order valence-corrected chi connectivity index (χ0v) is 12.4. The van der Waals surface area contributed by atoms with Gasteiger partial charge in [-0.2, -0.15) is 5.10 Å². The maximum absolute atomic E-state index is 13.8. The van der Waals surface area contributed by atoms with Gasteiger partial charge >= 0.3 is 0 Å². The van der Waals surface area contributed by atoms with Crippen LogP contribution in [0.1, 0.15) is 5.56 Å². The molecule has 114 valence electrons. The predicted octanol–water partition coefficient (Wildman–Crippen LogP) is 3.76. The Morgan fingerprint density at radius 2 is 1.70 bits per heavy atom. The molecule has 1 aromatic heterocycles. The maximum atomic E-state index is 13.8. The summed E-state index contributed by atoms with van der Waals surface area (Å²) < 4.78 is 15.2. The molecule has 0 fully saturated rings. The zero-order chi connectivity index (χ0) is 16.1. The third-order valence-corrected chi connectivity index (χ3v) is 3.40. The van der Waals surface area contributed by atoms with Crippen LogP contribution in [0.5, 0.6) is 0 Å². The summed E-state index contributed by atoms with van der Waals surface area (Å²) in [5, 5.41) is 4.25. The van der Waals surface area contributed by atoms with Crippen LogP contribution >= 0.6 is 0 Å². The Morgan fingerprint density at radius 1 is 0.957 bits per heavy atom. The monoisotopic (exact) mass is 306 g/mol. The molecule has 0 amide bonds. The van der Waals surface area contributed by atoms with Gasteiger partial charge in [-0.25, -0.2) is 9.07 Å². The van der Waals surface area contributed by atoms with Crippen LogP contribution in [0.15, 0.2) is 77.6 Å². The summed E-state index contributed by atoms with van der Waals surface area (Å²) in [4.78, 5) is 11.9. The Labute approximate surface area is 133 Å². The lowest BCUT2D eigenvalue weighted by Crippen LogP contribution is -2.21. The molecule has 4 heteroatoms. The van der Waals surface area contributed by atoms with E-state index in [0.29, 0.717) is 17.8 Å². The molecule has 0 spiro atoms. The highest BCUT2D eigenvalue weighted by molar-refractivity contribution is 5.58. The van der Waals surface area contributed by atoms with Crippen LogP contribution in [0.3, 0.4) is 0 Å². The van der Waals surface area contributed by atoms with Crippen molar-refractivity contribution in [3.8, 4) is 11.3 Å². The van der Waals surface area contributed by atoms with Crippen molar-refractivity contribution in [3.05, 3.63) is 94.5 Å². The molecule has 3 rings (SSSR count). The molecule has 0 atom stereocenters. The standard InChI is InChI=1S/C19H15FN2O/c20-17-11-5-4-10-16(17)18-12-13-19(23)22(21-18)14-6-9-15-7-2-1-3-8-15/h1-13H,14H2/b9-6+. The van der Waals surface area contributed by atoms with Crippen LogP contribution in [-0.4, -0.2) is 9.78 Å². The van der Waals surface area contributed by atoms with Gasteiger partial charge in [0.1, 0.15) is 5.82 Å². The number of nitrogens with zero attached hydrogens (tertiary/aromatic N) is 2. The lowest BCUT2D eigenvalue weighted by atomic mass is 10.1. The fourth-order valence-corrected chi connectivity index (χ4v) is 2.25. The Balaban J connectivity index is 1.86. The third-order valence-electron chi connectivity index (χ3n) is 3.40. The summed E-state index contributed by atoms with van der Waals surface area (Å²) in [7, 11) is 0. The highest BCUT2D eigenvalue weighted by Gasteiger charge is 2.07. The van der Waals surface area contributed by atoms with Gasteiger partial charge in [-0.1, -0.05) is 54.6 Å². The van der Waals surface area contributed by atoms with Crippen LogP contribution in [0, 0.1) is 5.82 Å². The van der Waals surface area contributed by atoms with Crippen LogP contribution < -0.4 is 5.56 Å². The summed E-state index contributed by atoms with van der Waals surface area (Å²) in [6.07, 6.45) is 3.78. The second kappa shape index (κ2) is 6.83. The van der Waals surface area contributed by atoms with E-state index in [2.05, 4.69) is 5.10 Å². The first-order valence-electron chi connectivity index (χ1n) is 7.29. The van der Waals surface area contributed by atoms with Crippen molar-refractivity contribution in [1.82, 2.24) is 9.78 Å². The minimum absolute atomic E-state index is 0.220. The summed E-state index contributed by atoms with van der Waals surface area (Å²) in [5.41, 5.74) is 1.65. The maximum Gasteiger partial charge on any atom is 0.267 e. The van der Waals surface area contributed by atoms with E-state index in [1.807, 2.05) is 42.5 Å². The third kappa shape index (κ3) is 3.61. The molecule has 3 nitrogen and oxygen atoms in total. The summed E-state index contributed by atoms with van der Waals surface area (Å²) in [5.74, 6) is -0.356. The van der Waals surface area contributed by atoms with E-state index < -0.39 is 0 Å². The van der Waals surface area contributed by atoms with Crippen molar-refractivity contribution in [2.45, 2.75) is 6.54 Å². The summed E-state index contributed by atoms with van der Waals surface area (Å²) >= 11 is 0. The van der Waals surface area contributed by atoms with E-state index in [1.165, 1.54) is 22.9 Å². The summed E-state index contributed by atoms with van der Waals surface area (Å²) in [6.45, 7) is 0.329. The van der Waals surface area contributed by atoms with Crippen molar-refractivity contribution in [1.29, 1.82) is 0 Å². The SMILES string of the molecule is O=c1ccc(-c2ccccc2F)nn1C/C=C/c1ccccc1. The average Bonchev–Trinajstić information content (AvgIpc) is 2.58. The molecule has 3 aromatic rings. The Kier molecular flexibility index (Phi) is 4.43. The fraction of sp³-hybridized carbons (Fsp3) is 0.0526. The number of hydrogen-bond acceptors (Lipinski definition) is 2. The van der Waals surface area contributed by atoms with E-state index in [-0.39, 0.29) is 11.4 Å². The predicted molar refractivity (Wildman–Crippen MR) is 89.4 cm³/mol. The smallest absolute Gasteiger partial charge is 0.267 e. The van der Waals surface area contributed by atoms with Gasteiger partial charge in [0.2, 0.25) is 0 Å². The van der Waals surface area contributed by atoms with Crippen LogP contribution in [0.2, 0.25) is 0 Å². The fourth-order valence-electron chi connectivity index (χ4n) is 2.25. The number of rotatable bonds is 4. The van der Waals surface area contributed by atoms with E-state index in [9.17, 15) is 9.18 Å². The zero-order valence-electron chi connectivity index (χ0n) is 12.4. The van der Waals surface area contributed by atoms with Gasteiger partial charge in [-0.05, 0) is 23.8 Å². The largest absolute Gasteiger partial charge is 0.268 e. The lowest BCUT2D eigenvalue weighted by molar-refractivity contribution is 0.623. The van der Waals surface area contributed by atoms with Crippen molar-refractivity contribution >= 4 is 6.08 Å². The van der Waals surface area contributed by atoms with Gasteiger partial charge in [-0.15, -0.1) is 0 Å². The van der Waals surface area contributed by atoms with Crippen LogP contribution in [-0.2, 0) is 6.54 Å². The van der Waals surface area contributed by atoms with Gasteiger partial charge in [0, 0.05) is 11.6 Å². The molecule has 0 aliphatic carbocycles. The second-order valence-electron chi connectivity index (χ2n) is 5.03. The second-order valence-corrected chi connectivity index (χ2v) is 5.03.